The van der Waals surface area contributed by atoms with Crippen LogP contribution in [0.2, 0.25) is 0 Å². The SMILES string of the molecule is [Pt+2].[Pt+2].[c-]1c(-c2ccccn2)cccc1[Si](c1[c-]c2c(cc1)c1ccc([Si](c3[c-]c(-c4ccccn4)ccc3)(c3ccccc3)c3ccccc3)[c-]c1n2-c1ncccn1)(c1ccccc1)c1ccccc1. The van der Waals surface area contributed by atoms with Crippen molar-refractivity contribution >= 4 is 79.4 Å². The molecule has 0 spiro atoms. The van der Waals surface area contributed by atoms with Crippen LogP contribution in [-0.2, 0) is 42.1 Å². The van der Waals surface area contributed by atoms with Crippen LogP contribution < -0.4 is 41.5 Å². The second-order valence-electron chi connectivity index (χ2n) is 17.0. The summed E-state index contributed by atoms with van der Waals surface area (Å²) in [7, 11) is -6.33. The maximum absolute atomic E-state index is 4.95. The Kier molecular flexibility index (Phi) is 13.8. The molecule has 0 atom stereocenters. The van der Waals surface area contributed by atoms with Crippen LogP contribution in [0.15, 0.2) is 249 Å². The number of aromatic nitrogens is 5. The van der Waals surface area contributed by atoms with Crippen LogP contribution >= 0.6 is 0 Å². The number of hydrogen-bond acceptors (Lipinski definition) is 4. The minimum absolute atomic E-state index is 0. The van der Waals surface area contributed by atoms with Crippen molar-refractivity contribution in [2.45, 2.75) is 0 Å². The largest absolute Gasteiger partial charge is 2.00 e. The van der Waals surface area contributed by atoms with Crippen molar-refractivity contribution in [3.05, 3.63) is 274 Å². The van der Waals surface area contributed by atoms with E-state index in [1.54, 1.807) is 0 Å². The van der Waals surface area contributed by atoms with Crippen LogP contribution in [0, 0.1) is 24.3 Å². The van der Waals surface area contributed by atoms with E-state index in [-0.39, 0.29) is 42.1 Å². The molecule has 12 aromatic rings. The topological polar surface area (TPSA) is 56.5 Å². The van der Waals surface area contributed by atoms with Crippen molar-refractivity contribution in [2.24, 2.45) is 0 Å². The molecular formula is C62H41N5Pt2Si2. The van der Waals surface area contributed by atoms with E-state index < -0.39 is 16.1 Å². The molecule has 0 saturated carbocycles. The van der Waals surface area contributed by atoms with E-state index in [0.29, 0.717) is 5.95 Å². The molecule has 0 saturated heterocycles. The predicted molar refractivity (Wildman–Crippen MR) is 285 cm³/mol. The molecule has 4 heterocycles. The summed E-state index contributed by atoms with van der Waals surface area (Å²) in [6, 6.07) is 95.9. The van der Waals surface area contributed by atoms with Crippen molar-refractivity contribution in [1.29, 1.82) is 0 Å². The third kappa shape index (κ3) is 8.33. The predicted octanol–water partition coefficient (Wildman–Crippen LogP) is 7.65. The number of benzene rings is 8. The molecule has 8 aromatic carbocycles. The Labute approximate surface area is 444 Å². The van der Waals surface area contributed by atoms with Crippen molar-refractivity contribution < 1.29 is 42.1 Å². The third-order valence-corrected chi connectivity index (χ3v) is 22.5. The van der Waals surface area contributed by atoms with Gasteiger partial charge in [-0.25, -0.2) is 9.97 Å². The fraction of sp³-hybridized carbons (Fsp3) is 0. The number of rotatable bonds is 11. The normalized spacial score (nSPS) is 11.4. The summed E-state index contributed by atoms with van der Waals surface area (Å²) >= 11 is 0. The quantitative estimate of drug-likeness (QED) is 0.0760. The van der Waals surface area contributed by atoms with Gasteiger partial charge in [-0.3, -0.25) is 0 Å². The van der Waals surface area contributed by atoms with Gasteiger partial charge in [0.05, 0.1) is 0 Å². The Morgan fingerprint density at radius 1 is 0.296 bits per heavy atom. The zero-order valence-corrected chi connectivity index (χ0v) is 44.6. The van der Waals surface area contributed by atoms with Crippen LogP contribution in [0.25, 0.3) is 50.3 Å². The second kappa shape index (κ2) is 20.6. The van der Waals surface area contributed by atoms with E-state index in [1.165, 1.54) is 20.7 Å². The average molecular weight is 1300 g/mol. The molecule has 71 heavy (non-hydrogen) atoms. The first-order chi connectivity index (χ1) is 34.2. The van der Waals surface area contributed by atoms with Gasteiger partial charge in [-0.05, 0) is 50.3 Å². The van der Waals surface area contributed by atoms with Crippen LogP contribution in [-0.4, -0.2) is 40.7 Å². The molecule has 12 rings (SSSR count). The molecule has 342 valence electrons. The Morgan fingerprint density at radius 3 is 1.01 bits per heavy atom. The van der Waals surface area contributed by atoms with Gasteiger partial charge in [0, 0.05) is 24.8 Å². The van der Waals surface area contributed by atoms with E-state index >= 15 is 0 Å². The monoisotopic (exact) mass is 1300 g/mol. The molecule has 0 bridgehead atoms. The Hall–Kier alpha value is -7.25. The van der Waals surface area contributed by atoms with Gasteiger partial charge < -0.3 is 14.5 Å². The van der Waals surface area contributed by atoms with E-state index in [1.807, 2.05) is 67.3 Å². The summed E-state index contributed by atoms with van der Waals surface area (Å²) in [5, 5.41) is 11.3. The number of pyridine rings is 2. The van der Waals surface area contributed by atoms with E-state index in [4.69, 9.17) is 19.9 Å². The fourth-order valence-corrected chi connectivity index (χ4v) is 19.4. The molecule has 0 aliphatic carbocycles. The Bertz CT molecular complexity index is 3410. The van der Waals surface area contributed by atoms with Gasteiger partial charge >= 0.3 is 42.1 Å². The van der Waals surface area contributed by atoms with Crippen molar-refractivity contribution in [2.75, 3.05) is 0 Å². The molecule has 0 aliphatic heterocycles. The van der Waals surface area contributed by atoms with Gasteiger partial charge in [0.25, 0.3) is 0 Å². The fourth-order valence-electron chi connectivity index (χ4n) is 10.2. The molecular weight excluding hydrogens is 1260 g/mol. The summed E-state index contributed by atoms with van der Waals surface area (Å²) in [4.78, 5) is 19.4. The van der Waals surface area contributed by atoms with Gasteiger partial charge in [0.15, 0.2) is 0 Å². The summed E-state index contributed by atoms with van der Waals surface area (Å²) in [5.74, 6) is 0.546. The van der Waals surface area contributed by atoms with Crippen LogP contribution in [0.1, 0.15) is 0 Å². The Balaban J connectivity index is 0.00000291. The molecule has 0 fully saturated rings. The number of hydrogen-bond donors (Lipinski definition) is 0. The zero-order chi connectivity index (χ0) is 46.0. The van der Waals surface area contributed by atoms with Gasteiger partial charge in [0.2, 0.25) is 5.95 Å². The molecule has 0 radical (unpaired) electrons. The van der Waals surface area contributed by atoms with Crippen molar-refractivity contribution in [3.8, 4) is 28.5 Å². The molecule has 0 amide bonds. The van der Waals surface area contributed by atoms with Crippen molar-refractivity contribution in [1.82, 2.24) is 24.5 Å². The summed E-state index contributed by atoms with van der Waals surface area (Å²) in [6.07, 6.45) is 7.30. The minimum Gasteiger partial charge on any atom is -0.328 e. The van der Waals surface area contributed by atoms with E-state index in [9.17, 15) is 0 Å². The average Bonchev–Trinajstić information content (AvgIpc) is 3.76. The summed E-state index contributed by atoms with van der Waals surface area (Å²) in [6.45, 7) is 0. The zero-order valence-electron chi connectivity index (χ0n) is 38.0. The maximum Gasteiger partial charge on any atom is 2.00 e. The number of nitrogens with zero attached hydrogens (tertiary/aromatic N) is 5. The maximum atomic E-state index is 4.95. The van der Waals surface area contributed by atoms with Crippen LogP contribution in [0.3, 0.4) is 0 Å². The Morgan fingerprint density at radius 2 is 0.648 bits per heavy atom. The molecule has 0 aliphatic rings. The first kappa shape index (κ1) is 47.4. The van der Waals surface area contributed by atoms with Crippen molar-refractivity contribution in [3.63, 3.8) is 0 Å². The number of fused-ring (bicyclic) bond motifs is 3. The second-order valence-corrected chi connectivity index (χ2v) is 24.5. The van der Waals surface area contributed by atoms with E-state index in [0.717, 1.165) is 65.1 Å². The standard InChI is InChI=1S/C62H41N5Si2.2Pt/c1-5-22-48(23-6-1)68(49-24-7-2-8-25-49,52-30-17-20-46(42-52)58-32-13-15-38-63-58)54-34-36-56-57-37-35-55(45-61(57)67(60(56)44-54)62-65-40-19-41-66-62)69(50-26-9-3-10-27-50,51-28-11-4-12-29-51)53-31-18-21-47(43-53)59-33-14-16-39-64-59;;/h1-41H;;/q-4;2*+2. The summed E-state index contributed by atoms with van der Waals surface area (Å²) < 4.78 is 2.17. The van der Waals surface area contributed by atoms with E-state index in [2.05, 4.69) is 211 Å². The molecule has 4 aromatic heterocycles. The smallest absolute Gasteiger partial charge is 0.328 e. The first-order valence-corrected chi connectivity index (χ1v) is 27.0. The van der Waals surface area contributed by atoms with Gasteiger partial charge in [-0.2, -0.15) is 57.5 Å². The van der Waals surface area contributed by atoms with Gasteiger partial charge in [-0.1, -0.05) is 157 Å². The van der Waals surface area contributed by atoms with Gasteiger partial charge in [0.1, 0.15) is 16.1 Å². The van der Waals surface area contributed by atoms with Gasteiger partial charge in [-0.15, -0.1) is 70.0 Å². The molecule has 9 heteroatoms. The summed E-state index contributed by atoms with van der Waals surface area (Å²) in [5.41, 5.74) is 5.40. The minimum atomic E-state index is -3.17. The van der Waals surface area contributed by atoms with Crippen LogP contribution in [0.4, 0.5) is 0 Å². The molecule has 0 unspecified atom stereocenters. The molecule has 5 nitrogen and oxygen atoms in total. The van der Waals surface area contributed by atoms with Crippen LogP contribution in [0.5, 0.6) is 0 Å². The third-order valence-electron chi connectivity index (χ3n) is 13.3. The first-order valence-electron chi connectivity index (χ1n) is 23.0. The molecule has 0 N–H and O–H groups in total.